The number of rotatable bonds is 34. The molecule has 0 saturated carbocycles. The Morgan fingerprint density at radius 3 is 0.804 bits per heavy atom. The van der Waals surface area contributed by atoms with Crippen LogP contribution in [0.15, 0.2) is 24.3 Å². The first-order valence-corrected chi connectivity index (χ1v) is 20.5. The van der Waals surface area contributed by atoms with E-state index in [1.807, 2.05) is 0 Å². The molecule has 2 unspecified atom stereocenters. The zero-order valence-corrected chi connectivity index (χ0v) is 31.5. The Labute approximate surface area is 288 Å². The van der Waals surface area contributed by atoms with Crippen LogP contribution in [0.1, 0.15) is 205 Å². The van der Waals surface area contributed by atoms with Crippen LogP contribution in [0.4, 0.5) is 0 Å². The Hall–Kier alpha value is -0.940. The van der Waals surface area contributed by atoms with Crippen LogP contribution < -0.4 is 0 Å². The van der Waals surface area contributed by atoms with E-state index in [2.05, 4.69) is 61.8 Å². The first-order chi connectivity index (χ1) is 22.7. The van der Waals surface area contributed by atoms with Crippen molar-refractivity contribution in [3.8, 4) is 0 Å². The molecule has 270 valence electrons. The summed E-state index contributed by atoms with van der Waals surface area (Å²) in [6.45, 7) is 13.7. The molecule has 0 amide bonds. The summed E-state index contributed by atoms with van der Waals surface area (Å²) in [6, 6.07) is 9.11. The number of benzene rings is 1. The molecule has 4 heteroatoms. The summed E-state index contributed by atoms with van der Waals surface area (Å²) in [5.74, 6) is 0. The Bertz CT molecular complexity index is 660. The van der Waals surface area contributed by atoms with Crippen molar-refractivity contribution in [2.75, 3.05) is 39.4 Å². The van der Waals surface area contributed by atoms with Gasteiger partial charge in [0.05, 0.1) is 25.3 Å². The molecule has 0 aliphatic rings. The molecule has 0 radical (unpaired) electrons. The maximum Gasteiger partial charge on any atom is 0.0628 e. The van der Waals surface area contributed by atoms with E-state index in [1.54, 1.807) is 0 Å². The smallest absolute Gasteiger partial charge is 0.0628 e. The van der Waals surface area contributed by atoms with Crippen LogP contribution in [0.5, 0.6) is 0 Å². The fourth-order valence-corrected chi connectivity index (χ4v) is 7.03. The number of unbranched alkanes of at least 4 members (excludes halogenated alkanes) is 20. The summed E-state index contributed by atoms with van der Waals surface area (Å²) in [5, 5.41) is 21.3. The molecule has 0 heterocycles. The fourth-order valence-electron chi connectivity index (χ4n) is 7.03. The minimum Gasteiger partial charge on any atom is -0.394 e. The van der Waals surface area contributed by atoms with Gasteiger partial charge in [-0.15, -0.1) is 0 Å². The Kier molecular flexibility index (Phi) is 29.3. The maximum atomic E-state index is 10.7. The third-order valence-electron chi connectivity index (χ3n) is 10.1. The molecule has 0 aromatic heterocycles. The van der Waals surface area contributed by atoms with Crippen molar-refractivity contribution in [3.63, 3.8) is 0 Å². The minimum absolute atomic E-state index is 0.0512. The molecule has 0 fully saturated rings. The van der Waals surface area contributed by atoms with Crippen molar-refractivity contribution in [1.29, 1.82) is 0 Å². The average Bonchev–Trinajstić information content (AvgIpc) is 3.07. The summed E-state index contributed by atoms with van der Waals surface area (Å²) >= 11 is 0. The molecule has 2 N–H and O–H groups in total. The second-order valence-electron chi connectivity index (χ2n) is 14.2. The SMILES string of the molecule is CCCCCCCCN(CCCCCCCC)C(CO)c1ccc(C(CO)N(CCCCCCCC)CCCCCCCC)cc1. The van der Waals surface area contributed by atoms with Gasteiger partial charge in [0.1, 0.15) is 0 Å². The van der Waals surface area contributed by atoms with Crippen LogP contribution in [0, 0.1) is 0 Å². The molecule has 0 aliphatic carbocycles. The minimum atomic E-state index is 0.0512. The van der Waals surface area contributed by atoms with Crippen LogP contribution in [0.25, 0.3) is 0 Å². The Balaban J connectivity index is 2.94. The predicted molar refractivity (Wildman–Crippen MR) is 203 cm³/mol. The first-order valence-electron chi connectivity index (χ1n) is 20.5. The molecule has 46 heavy (non-hydrogen) atoms. The van der Waals surface area contributed by atoms with Crippen molar-refractivity contribution in [1.82, 2.24) is 9.80 Å². The summed E-state index contributed by atoms with van der Waals surface area (Å²) in [4.78, 5) is 5.14. The second-order valence-corrected chi connectivity index (χ2v) is 14.2. The van der Waals surface area contributed by atoms with Gasteiger partial charge < -0.3 is 10.2 Å². The third kappa shape index (κ3) is 20.4. The highest BCUT2D eigenvalue weighted by Crippen LogP contribution is 2.27. The van der Waals surface area contributed by atoms with Gasteiger partial charge in [-0.3, -0.25) is 9.80 Å². The molecule has 4 nitrogen and oxygen atoms in total. The molecule has 1 aromatic rings. The Morgan fingerprint density at radius 2 is 0.587 bits per heavy atom. The predicted octanol–water partition coefficient (Wildman–Crippen LogP) is 11.8. The van der Waals surface area contributed by atoms with E-state index >= 15 is 0 Å². The van der Waals surface area contributed by atoms with Crippen molar-refractivity contribution >= 4 is 0 Å². The first kappa shape index (κ1) is 43.1. The standard InChI is InChI=1S/C42H80N2O2/c1-5-9-13-17-21-25-33-43(34-26-22-18-14-10-6-2)41(37-45)39-29-31-40(32-30-39)42(38-46)44(35-27-23-19-15-11-7-3)36-28-24-20-16-12-8-4/h29-32,41-42,45-46H,5-28,33-38H2,1-4H3. The van der Waals surface area contributed by atoms with Gasteiger partial charge in [0.25, 0.3) is 0 Å². The second kappa shape index (κ2) is 31.3. The molecular weight excluding hydrogens is 564 g/mol. The summed E-state index contributed by atoms with van der Waals surface area (Å²) < 4.78 is 0. The molecule has 1 aromatic carbocycles. The van der Waals surface area contributed by atoms with E-state index in [-0.39, 0.29) is 25.3 Å². The fraction of sp³-hybridized carbons (Fsp3) is 0.857. The van der Waals surface area contributed by atoms with Gasteiger partial charge >= 0.3 is 0 Å². The molecule has 0 spiro atoms. The zero-order chi connectivity index (χ0) is 33.5. The lowest BCUT2D eigenvalue weighted by Gasteiger charge is -2.33. The van der Waals surface area contributed by atoms with Gasteiger partial charge in [0.15, 0.2) is 0 Å². The lowest BCUT2D eigenvalue weighted by molar-refractivity contribution is 0.116. The average molecular weight is 645 g/mol. The van der Waals surface area contributed by atoms with Gasteiger partial charge in [-0.1, -0.05) is 180 Å². The zero-order valence-electron chi connectivity index (χ0n) is 31.5. The van der Waals surface area contributed by atoms with E-state index in [1.165, 1.54) is 165 Å². The van der Waals surface area contributed by atoms with Crippen molar-refractivity contribution in [3.05, 3.63) is 35.4 Å². The molecule has 0 saturated heterocycles. The number of aliphatic hydroxyl groups excluding tert-OH is 2. The lowest BCUT2D eigenvalue weighted by Crippen LogP contribution is -2.34. The number of nitrogens with zero attached hydrogens (tertiary/aromatic N) is 2. The number of hydrogen-bond acceptors (Lipinski definition) is 4. The number of hydrogen-bond donors (Lipinski definition) is 2. The van der Waals surface area contributed by atoms with E-state index in [4.69, 9.17) is 0 Å². The third-order valence-corrected chi connectivity index (χ3v) is 10.1. The van der Waals surface area contributed by atoms with Crippen molar-refractivity contribution < 1.29 is 10.2 Å². The quantitative estimate of drug-likeness (QED) is 0.0733. The summed E-state index contributed by atoms with van der Waals surface area (Å²) in [7, 11) is 0. The topological polar surface area (TPSA) is 46.9 Å². The van der Waals surface area contributed by atoms with Crippen LogP contribution >= 0.6 is 0 Å². The van der Waals surface area contributed by atoms with Crippen LogP contribution in [0.3, 0.4) is 0 Å². The van der Waals surface area contributed by atoms with Crippen molar-refractivity contribution in [2.24, 2.45) is 0 Å². The van der Waals surface area contributed by atoms with Crippen LogP contribution in [0.2, 0.25) is 0 Å². The summed E-state index contributed by atoms with van der Waals surface area (Å²) in [5.41, 5.74) is 2.44. The van der Waals surface area contributed by atoms with E-state index in [9.17, 15) is 10.2 Å². The van der Waals surface area contributed by atoms with Crippen molar-refractivity contribution in [2.45, 2.75) is 194 Å². The van der Waals surface area contributed by atoms with Gasteiger partial charge in [-0.05, 0) is 63.0 Å². The monoisotopic (exact) mass is 645 g/mol. The largest absolute Gasteiger partial charge is 0.394 e. The molecule has 0 bridgehead atoms. The van der Waals surface area contributed by atoms with E-state index < -0.39 is 0 Å². The molecule has 0 aliphatic heterocycles. The van der Waals surface area contributed by atoms with Crippen LogP contribution in [-0.2, 0) is 0 Å². The highest BCUT2D eigenvalue weighted by molar-refractivity contribution is 5.27. The highest BCUT2D eigenvalue weighted by Gasteiger charge is 2.22. The molecule has 1 rings (SSSR count). The van der Waals surface area contributed by atoms with Gasteiger partial charge in [-0.25, -0.2) is 0 Å². The van der Waals surface area contributed by atoms with Gasteiger partial charge in [0.2, 0.25) is 0 Å². The van der Waals surface area contributed by atoms with E-state index in [0.717, 1.165) is 26.2 Å². The normalized spacial score (nSPS) is 13.2. The molecule has 2 atom stereocenters. The summed E-state index contributed by atoms with van der Waals surface area (Å²) in [6.07, 6.45) is 31.2. The number of aliphatic hydroxyl groups is 2. The van der Waals surface area contributed by atoms with Gasteiger partial charge in [0, 0.05) is 0 Å². The Morgan fingerprint density at radius 1 is 0.370 bits per heavy atom. The maximum absolute atomic E-state index is 10.7. The van der Waals surface area contributed by atoms with Gasteiger partial charge in [-0.2, -0.15) is 0 Å². The lowest BCUT2D eigenvalue weighted by atomic mass is 9.98. The van der Waals surface area contributed by atoms with Crippen LogP contribution in [-0.4, -0.2) is 59.4 Å². The van der Waals surface area contributed by atoms with E-state index in [0.29, 0.717) is 0 Å². The molecular formula is C42H80N2O2. The highest BCUT2D eigenvalue weighted by atomic mass is 16.3.